The van der Waals surface area contributed by atoms with Gasteiger partial charge < -0.3 is 24.8 Å². The molecular formula is C12H26O6. The van der Waals surface area contributed by atoms with Crippen LogP contribution in [0.1, 0.15) is 34.1 Å². The van der Waals surface area contributed by atoms with Crippen molar-refractivity contribution in [1.29, 1.82) is 0 Å². The quantitative estimate of drug-likeness (QED) is 0.597. The van der Waals surface area contributed by atoms with Gasteiger partial charge in [-0.15, -0.1) is 0 Å². The van der Waals surface area contributed by atoms with Gasteiger partial charge in [-0.05, 0) is 20.8 Å². The maximum Gasteiger partial charge on any atom is 0.303 e. The van der Waals surface area contributed by atoms with Gasteiger partial charge in [-0.1, -0.05) is 6.92 Å². The van der Waals surface area contributed by atoms with Crippen molar-refractivity contribution in [2.75, 3.05) is 19.8 Å². The molecule has 6 nitrogen and oxygen atoms in total. The number of carbonyl (C=O) groups is 1. The Hall–Kier alpha value is -0.690. The summed E-state index contributed by atoms with van der Waals surface area (Å²) in [5, 5.41) is 25.3. The third kappa shape index (κ3) is 17.7. The molecule has 0 aromatic carbocycles. The minimum atomic E-state index is -0.745. The Labute approximate surface area is 109 Å². The first kappa shape index (κ1) is 19.6. The number of aliphatic hydroxyl groups is 2. The van der Waals surface area contributed by atoms with E-state index < -0.39 is 12.1 Å². The van der Waals surface area contributed by atoms with Gasteiger partial charge in [-0.2, -0.15) is 0 Å². The van der Waals surface area contributed by atoms with E-state index >= 15 is 0 Å². The number of ether oxygens (including phenoxy) is 2. The number of hydrogen-bond acceptors (Lipinski definition) is 5. The van der Waals surface area contributed by atoms with Crippen molar-refractivity contribution in [3.05, 3.63) is 0 Å². The summed E-state index contributed by atoms with van der Waals surface area (Å²) in [5.74, 6) is -0.745. The van der Waals surface area contributed by atoms with Crippen LogP contribution in [-0.2, 0) is 14.3 Å². The van der Waals surface area contributed by atoms with Crippen molar-refractivity contribution in [1.82, 2.24) is 0 Å². The van der Waals surface area contributed by atoms with Crippen LogP contribution in [0.25, 0.3) is 0 Å². The summed E-state index contributed by atoms with van der Waals surface area (Å²) in [6.07, 6.45) is -0.432. The van der Waals surface area contributed by atoms with Gasteiger partial charge in [0.15, 0.2) is 0 Å². The first-order chi connectivity index (χ1) is 8.33. The molecule has 3 N–H and O–H groups in total. The molecule has 0 aromatic rings. The molecule has 0 bridgehead atoms. The van der Waals surface area contributed by atoms with E-state index in [4.69, 9.17) is 24.8 Å². The number of aliphatic hydroxyl groups excluding tert-OH is 2. The average molecular weight is 266 g/mol. The van der Waals surface area contributed by atoms with E-state index in [1.165, 1.54) is 0 Å². The summed E-state index contributed by atoms with van der Waals surface area (Å²) in [6.45, 7) is 7.70. The van der Waals surface area contributed by atoms with Crippen molar-refractivity contribution in [3.63, 3.8) is 0 Å². The zero-order valence-corrected chi connectivity index (χ0v) is 11.6. The average Bonchev–Trinajstić information content (AvgIpc) is 2.33. The molecule has 0 aliphatic rings. The zero-order chi connectivity index (χ0) is 14.6. The fraction of sp³-hybridized carbons (Fsp3) is 0.917. The van der Waals surface area contributed by atoms with Gasteiger partial charge in [0.1, 0.15) is 0 Å². The Balaban J connectivity index is 0. The molecule has 0 aliphatic heterocycles. The van der Waals surface area contributed by atoms with Crippen LogP contribution >= 0.6 is 0 Å². The molecule has 0 spiro atoms. The molecule has 3 atom stereocenters. The zero-order valence-electron chi connectivity index (χ0n) is 11.6. The Morgan fingerprint density at radius 3 is 1.89 bits per heavy atom. The van der Waals surface area contributed by atoms with Crippen LogP contribution in [0.2, 0.25) is 0 Å². The summed E-state index contributed by atoms with van der Waals surface area (Å²) in [6, 6.07) is 0. The van der Waals surface area contributed by atoms with Crippen LogP contribution in [0.3, 0.4) is 0 Å². The Bertz CT molecular complexity index is 195. The van der Waals surface area contributed by atoms with Crippen molar-refractivity contribution < 1.29 is 29.6 Å². The van der Waals surface area contributed by atoms with Gasteiger partial charge in [0.2, 0.25) is 0 Å². The summed E-state index contributed by atoms with van der Waals surface area (Å²) in [4.78, 5) is 9.37. The minimum Gasteiger partial charge on any atom is -0.481 e. The second kappa shape index (κ2) is 12.8. The number of carboxylic acids is 1. The molecule has 0 heterocycles. The maximum absolute atomic E-state index is 9.37. The van der Waals surface area contributed by atoms with E-state index in [0.717, 1.165) is 0 Å². The summed E-state index contributed by atoms with van der Waals surface area (Å²) >= 11 is 0. The lowest BCUT2D eigenvalue weighted by atomic mass is 10.4. The SMILES string of the molecule is CC(O)COC(C)COC(C)CO.CCC(=O)O. The normalized spacial score (nSPS) is 15.2. The van der Waals surface area contributed by atoms with Gasteiger partial charge in [-0.3, -0.25) is 4.79 Å². The first-order valence-electron chi connectivity index (χ1n) is 6.07. The molecule has 18 heavy (non-hydrogen) atoms. The second-order valence-corrected chi connectivity index (χ2v) is 4.07. The minimum absolute atomic E-state index is 0.0170. The third-order valence-electron chi connectivity index (χ3n) is 1.80. The molecule has 0 saturated heterocycles. The lowest BCUT2D eigenvalue weighted by molar-refractivity contribution is -0.136. The topological polar surface area (TPSA) is 96.2 Å². The molecule has 3 unspecified atom stereocenters. The van der Waals surface area contributed by atoms with Gasteiger partial charge in [0.25, 0.3) is 0 Å². The van der Waals surface area contributed by atoms with Gasteiger partial charge in [0.05, 0.1) is 38.1 Å². The van der Waals surface area contributed by atoms with Crippen LogP contribution in [0, 0.1) is 0 Å². The van der Waals surface area contributed by atoms with E-state index in [1.54, 1.807) is 20.8 Å². The standard InChI is InChI=1S/C9H20O4.C3H6O2/c1-7(11)5-12-9(3)6-13-8(2)4-10;1-2-3(4)5/h7-11H,4-6H2,1-3H3;2H2,1H3,(H,4,5). The molecule has 0 radical (unpaired) electrons. The summed E-state index contributed by atoms with van der Waals surface area (Å²) in [5.41, 5.74) is 0. The molecule has 110 valence electrons. The predicted octanol–water partition coefficient (Wildman–Crippen LogP) is 0.651. The van der Waals surface area contributed by atoms with Crippen molar-refractivity contribution in [3.8, 4) is 0 Å². The van der Waals surface area contributed by atoms with Crippen LogP contribution in [0.5, 0.6) is 0 Å². The van der Waals surface area contributed by atoms with Gasteiger partial charge >= 0.3 is 5.97 Å². The van der Waals surface area contributed by atoms with Crippen molar-refractivity contribution in [2.24, 2.45) is 0 Å². The molecule has 0 aromatic heterocycles. The monoisotopic (exact) mass is 266 g/mol. The van der Waals surface area contributed by atoms with E-state index in [9.17, 15) is 4.79 Å². The number of carboxylic acid groups (broad SMARTS) is 1. The summed E-state index contributed by atoms with van der Waals surface area (Å²) < 4.78 is 10.5. The van der Waals surface area contributed by atoms with E-state index in [2.05, 4.69) is 0 Å². The van der Waals surface area contributed by atoms with Crippen LogP contribution in [0.4, 0.5) is 0 Å². The number of aliphatic carboxylic acids is 1. The third-order valence-corrected chi connectivity index (χ3v) is 1.80. The van der Waals surface area contributed by atoms with Gasteiger partial charge in [0, 0.05) is 6.42 Å². The highest BCUT2D eigenvalue weighted by Gasteiger charge is 2.06. The fourth-order valence-electron chi connectivity index (χ4n) is 0.704. The highest BCUT2D eigenvalue weighted by Crippen LogP contribution is 1.97. The van der Waals surface area contributed by atoms with Crippen LogP contribution in [-0.4, -0.2) is 59.4 Å². The molecular weight excluding hydrogens is 240 g/mol. The summed E-state index contributed by atoms with van der Waals surface area (Å²) in [7, 11) is 0. The van der Waals surface area contributed by atoms with Crippen molar-refractivity contribution >= 4 is 5.97 Å². The maximum atomic E-state index is 9.37. The fourth-order valence-corrected chi connectivity index (χ4v) is 0.704. The highest BCUT2D eigenvalue weighted by molar-refractivity contribution is 5.66. The van der Waals surface area contributed by atoms with Crippen molar-refractivity contribution in [2.45, 2.75) is 52.4 Å². The number of rotatable bonds is 8. The van der Waals surface area contributed by atoms with Crippen LogP contribution in [0.15, 0.2) is 0 Å². The smallest absolute Gasteiger partial charge is 0.303 e. The Morgan fingerprint density at radius 2 is 1.56 bits per heavy atom. The first-order valence-corrected chi connectivity index (χ1v) is 6.07. The second-order valence-electron chi connectivity index (χ2n) is 4.07. The molecule has 0 rings (SSSR count). The molecule has 0 saturated carbocycles. The largest absolute Gasteiger partial charge is 0.481 e. The molecule has 0 amide bonds. The predicted molar refractivity (Wildman–Crippen MR) is 67.5 cm³/mol. The van der Waals surface area contributed by atoms with Crippen LogP contribution < -0.4 is 0 Å². The highest BCUT2D eigenvalue weighted by atomic mass is 16.5. The van der Waals surface area contributed by atoms with E-state index in [-0.39, 0.29) is 25.2 Å². The Morgan fingerprint density at radius 1 is 1.11 bits per heavy atom. The molecule has 0 aliphatic carbocycles. The molecule has 0 fully saturated rings. The lowest BCUT2D eigenvalue weighted by Crippen LogP contribution is -2.24. The van der Waals surface area contributed by atoms with E-state index in [1.807, 2.05) is 6.92 Å². The van der Waals surface area contributed by atoms with E-state index in [0.29, 0.717) is 13.2 Å². The lowest BCUT2D eigenvalue weighted by Gasteiger charge is -2.16. The number of hydrogen-bond donors (Lipinski definition) is 3. The van der Waals surface area contributed by atoms with Gasteiger partial charge in [-0.25, -0.2) is 0 Å². The Kier molecular flexibility index (Phi) is 13.9. The molecule has 6 heteroatoms.